The largest absolute Gasteiger partial charge is 0.481 e. The summed E-state index contributed by atoms with van der Waals surface area (Å²) >= 11 is 0. The third-order valence-corrected chi connectivity index (χ3v) is 5.18. The summed E-state index contributed by atoms with van der Waals surface area (Å²) in [4.78, 5) is 23.9. The molecule has 0 aromatic rings. The van der Waals surface area contributed by atoms with Gasteiger partial charge < -0.3 is 10.2 Å². The zero-order chi connectivity index (χ0) is 17.9. The van der Waals surface area contributed by atoms with Crippen LogP contribution in [0.2, 0.25) is 0 Å². The molecule has 0 amide bonds. The van der Waals surface area contributed by atoms with Crippen LogP contribution < -0.4 is 0 Å². The van der Waals surface area contributed by atoms with E-state index in [1.54, 1.807) is 0 Å². The van der Waals surface area contributed by atoms with Gasteiger partial charge in [-0.15, -0.1) is 0 Å². The number of rotatable bonds is 14. The van der Waals surface area contributed by atoms with Gasteiger partial charge >= 0.3 is 11.9 Å². The van der Waals surface area contributed by atoms with Crippen LogP contribution in [0, 0.1) is 10.8 Å². The van der Waals surface area contributed by atoms with Crippen molar-refractivity contribution in [1.82, 2.24) is 0 Å². The van der Waals surface area contributed by atoms with Crippen LogP contribution in [0.25, 0.3) is 0 Å². The van der Waals surface area contributed by atoms with E-state index in [0.717, 1.165) is 32.1 Å². The number of unbranched alkanes of at least 4 members (excludes halogenated alkanes) is 1. The second-order valence-corrected chi connectivity index (χ2v) is 7.02. The van der Waals surface area contributed by atoms with Crippen molar-refractivity contribution in [2.45, 2.75) is 98.3 Å². The van der Waals surface area contributed by atoms with Gasteiger partial charge in [-0.2, -0.15) is 0 Å². The van der Waals surface area contributed by atoms with Gasteiger partial charge in [-0.25, -0.2) is 0 Å². The average Bonchev–Trinajstić information content (AvgIpc) is 2.49. The summed E-state index contributed by atoms with van der Waals surface area (Å²) in [6.07, 6.45) is 7.79. The first-order valence-electron chi connectivity index (χ1n) is 9.31. The van der Waals surface area contributed by atoms with E-state index in [9.17, 15) is 19.8 Å². The molecule has 4 nitrogen and oxygen atoms in total. The lowest BCUT2D eigenvalue weighted by Crippen LogP contribution is -2.37. The Hall–Kier alpha value is -1.06. The number of carboxylic acids is 2. The average molecular weight is 328 g/mol. The fraction of sp³-hybridized carbons (Fsp3) is 0.895. The Morgan fingerprint density at radius 3 is 1.22 bits per heavy atom. The minimum absolute atomic E-state index is 0.472. The van der Waals surface area contributed by atoms with Crippen LogP contribution in [0.1, 0.15) is 98.3 Å². The number of aliphatic carboxylic acids is 2. The number of carboxylic acid groups (broad SMARTS) is 2. The van der Waals surface area contributed by atoms with Crippen molar-refractivity contribution in [1.29, 1.82) is 0 Å². The van der Waals surface area contributed by atoms with E-state index in [-0.39, 0.29) is 0 Å². The van der Waals surface area contributed by atoms with Gasteiger partial charge in [0.25, 0.3) is 0 Å². The molecule has 0 bridgehead atoms. The summed E-state index contributed by atoms with van der Waals surface area (Å²) < 4.78 is 0. The molecular weight excluding hydrogens is 292 g/mol. The topological polar surface area (TPSA) is 74.6 Å². The first-order chi connectivity index (χ1) is 10.8. The molecule has 23 heavy (non-hydrogen) atoms. The highest BCUT2D eigenvalue weighted by atomic mass is 16.4. The molecule has 0 heterocycles. The van der Waals surface area contributed by atoms with Crippen molar-refractivity contribution in [3.63, 3.8) is 0 Å². The fourth-order valence-electron chi connectivity index (χ4n) is 3.82. The summed E-state index contributed by atoms with van der Waals surface area (Å²) in [7, 11) is 0. The van der Waals surface area contributed by atoms with Crippen LogP contribution in [0.4, 0.5) is 0 Å². The van der Waals surface area contributed by atoms with Crippen LogP contribution in [-0.4, -0.2) is 22.2 Å². The van der Waals surface area contributed by atoms with Crippen molar-refractivity contribution in [2.75, 3.05) is 0 Å². The zero-order valence-corrected chi connectivity index (χ0v) is 15.5. The Bertz CT molecular complexity index is 358. The van der Waals surface area contributed by atoms with Gasteiger partial charge in [0.1, 0.15) is 0 Å². The second kappa shape index (κ2) is 10.7. The Balaban J connectivity index is 5.36. The summed E-state index contributed by atoms with van der Waals surface area (Å²) in [5.41, 5.74) is -1.52. The Morgan fingerprint density at radius 1 is 0.609 bits per heavy atom. The quantitative estimate of drug-likeness (QED) is 0.441. The molecule has 0 aliphatic carbocycles. The highest BCUT2D eigenvalue weighted by Gasteiger charge is 2.43. The van der Waals surface area contributed by atoms with Gasteiger partial charge in [0.15, 0.2) is 0 Å². The molecule has 0 aromatic heterocycles. The summed E-state index contributed by atoms with van der Waals surface area (Å²) in [6, 6.07) is 0. The first kappa shape index (κ1) is 21.9. The van der Waals surface area contributed by atoms with E-state index in [4.69, 9.17) is 0 Å². The molecule has 0 saturated heterocycles. The lowest BCUT2D eigenvalue weighted by Gasteiger charge is -2.35. The lowest BCUT2D eigenvalue weighted by molar-refractivity contribution is -0.156. The van der Waals surface area contributed by atoms with Crippen molar-refractivity contribution < 1.29 is 19.8 Å². The van der Waals surface area contributed by atoms with E-state index < -0.39 is 22.8 Å². The van der Waals surface area contributed by atoms with Crippen LogP contribution >= 0.6 is 0 Å². The minimum atomic E-state index is -0.760. The maximum atomic E-state index is 12.0. The molecule has 2 N–H and O–H groups in total. The van der Waals surface area contributed by atoms with Gasteiger partial charge in [-0.05, 0) is 38.5 Å². The number of hydrogen-bond donors (Lipinski definition) is 2. The number of hydrogen-bond acceptors (Lipinski definition) is 2. The molecular formula is C19H36O4. The van der Waals surface area contributed by atoms with Crippen LogP contribution in [-0.2, 0) is 9.59 Å². The molecule has 0 aromatic carbocycles. The molecule has 0 radical (unpaired) electrons. The van der Waals surface area contributed by atoms with Gasteiger partial charge in [0, 0.05) is 0 Å². The molecule has 0 spiro atoms. The van der Waals surface area contributed by atoms with Gasteiger partial charge in [0.05, 0.1) is 10.8 Å². The monoisotopic (exact) mass is 328 g/mol. The zero-order valence-electron chi connectivity index (χ0n) is 15.5. The van der Waals surface area contributed by atoms with Gasteiger partial charge in [-0.1, -0.05) is 59.8 Å². The van der Waals surface area contributed by atoms with E-state index in [2.05, 4.69) is 6.92 Å². The lowest BCUT2D eigenvalue weighted by atomic mass is 9.68. The molecule has 4 heteroatoms. The van der Waals surface area contributed by atoms with Crippen molar-refractivity contribution in [2.24, 2.45) is 10.8 Å². The second-order valence-electron chi connectivity index (χ2n) is 7.02. The van der Waals surface area contributed by atoms with Crippen LogP contribution in [0.5, 0.6) is 0 Å². The SMILES string of the molecule is CCCCC(CCC)(CCC(CCC)(CCC)C(=O)O)C(=O)O. The first-order valence-corrected chi connectivity index (χ1v) is 9.31. The molecule has 1 atom stereocenters. The molecule has 0 rings (SSSR count). The third kappa shape index (κ3) is 6.15. The highest BCUT2D eigenvalue weighted by molar-refractivity contribution is 5.76. The highest BCUT2D eigenvalue weighted by Crippen LogP contribution is 2.43. The Labute approximate surface area is 141 Å². The smallest absolute Gasteiger partial charge is 0.309 e. The van der Waals surface area contributed by atoms with Crippen molar-refractivity contribution >= 4 is 11.9 Å². The molecule has 0 aliphatic heterocycles. The fourth-order valence-corrected chi connectivity index (χ4v) is 3.82. The summed E-state index contributed by atoms with van der Waals surface area (Å²) in [5.74, 6) is -1.51. The van der Waals surface area contributed by atoms with Gasteiger partial charge in [0.2, 0.25) is 0 Å². The Morgan fingerprint density at radius 2 is 0.957 bits per heavy atom. The predicted molar refractivity (Wildman–Crippen MR) is 93.6 cm³/mol. The summed E-state index contributed by atoms with van der Waals surface area (Å²) in [5, 5.41) is 19.6. The molecule has 136 valence electrons. The van der Waals surface area contributed by atoms with E-state index in [0.29, 0.717) is 38.5 Å². The van der Waals surface area contributed by atoms with Crippen molar-refractivity contribution in [3.8, 4) is 0 Å². The molecule has 0 aliphatic rings. The third-order valence-electron chi connectivity index (χ3n) is 5.18. The maximum absolute atomic E-state index is 12.0. The number of carbonyl (C=O) groups is 2. The molecule has 0 saturated carbocycles. The van der Waals surface area contributed by atoms with Gasteiger partial charge in [-0.3, -0.25) is 9.59 Å². The van der Waals surface area contributed by atoms with E-state index in [1.165, 1.54) is 0 Å². The molecule has 1 unspecified atom stereocenters. The Kier molecular flexibility index (Phi) is 10.2. The minimum Gasteiger partial charge on any atom is -0.481 e. The maximum Gasteiger partial charge on any atom is 0.309 e. The predicted octanol–water partition coefficient (Wildman–Crippen LogP) is 5.50. The van der Waals surface area contributed by atoms with Crippen LogP contribution in [0.15, 0.2) is 0 Å². The standard InChI is InChI=1S/C19H36O4/c1-5-9-13-19(12-8-4,17(22)23)15-14-18(10-6-2,11-7-3)16(20)21/h5-15H2,1-4H3,(H,20,21)(H,22,23). The summed E-state index contributed by atoms with van der Waals surface area (Å²) in [6.45, 7) is 8.07. The van der Waals surface area contributed by atoms with Crippen LogP contribution in [0.3, 0.4) is 0 Å². The normalized spacial score (nSPS) is 14.4. The van der Waals surface area contributed by atoms with Crippen molar-refractivity contribution in [3.05, 3.63) is 0 Å². The van der Waals surface area contributed by atoms with E-state index >= 15 is 0 Å². The molecule has 0 fully saturated rings. The van der Waals surface area contributed by atoms with E-state index in [1.807, 2.05) is 20.8 Å².